The predicted molar refractivity (Wildman–Crippen MR) is 38.2 cm³/mol. The van der Waals surface area contributed by atoms with Crippen LogP contribution in [0.15, 0.2) is 18.3 Å². The fourth-order valence-corrected chi connectivity index (χ4v) is 0.721. The minimum absolute atomic E-state index is 0.106. The van der Waals surface area contributed by atoms with Crippen molar-refractivity contribution >= 4 is 5.82 Å². The largest absolute Gasteiger partial charge is 0.384 e. The molecular weight excluding hydrogens is 150 g/mol. The standard InChI is InChI=1S/C7H8F2N2/c1-7(8,9)5-2-3-11-6(10)4-5/h2-4H,1H3,(H2,10,11). The first-order valence-corrected chi connectivity index (χ1v) is 3.10. The maximum absolute atomic E-state index is 12.6. The molecule has 0 amide bonds. The van der Waals surface area contributed by atoms with Crippen LogP contribution < -0.4 is 5.73 Å². The van der Waals surface area contributed by atoms with Crippen LogP contribution >= 0.6 is 0 Å². The molecule has 0 atom stereocenters. The van der Waals surface area contributed by atoms with E-state index < -0.39 is 5.92 Å². The highest BCUT2D eigenvalue weighted by atomic mass is 19.3. The Labute approximate surface area is 63.1 Å². The fourth-order valence-electron chi connectivity index (χ4n) is 0.721. The van der Waals surface area contributed by atoms with Crippen molar-refractivity contribution in [1.82, 2.24) is 4.98 Å². The lowest BCUT2D eigenvalue weighted by atomic mass is 10.1. The summed E-state index contributed by atoms with van der Waals surface area (Å²) in [5.74, 6) is -2.72. The van der Waals surface area contributed by atoms with E-state index in [2.05, 4.69) is 4.98 Å². The Bertz CT molecular complexity index is 255. The zero-order valence-corrected chi connectivity index (χ0v) is 6.01. The molecule has 60 valence electrons. The Morgan fingerprint density at radius 2 is 2.18 bits per heavy atom. The van der Waals surface area contributed by atoms with Crippen LogP contribution in [0.2, 0.25) is 0 Å². The molecule has 0 aromatic carbocycles. The second-order valence-corrected chi connectivity index (χ2v) is 2.36. The molecule has 0 spiro atoms. The van der Waals surface area contributed by atoms with Gasteiger partial charge < -0.3 is 5.73 Å². The fraction of sp³-hybridized carbons (Fsp3) is 0.286. The number of halogens is 2. The Kier molecular flexibility index (Phi) is 1.76. The van der Waals surface area contributed by atoms with Crippen LogP contribution in [0.3, 0.4) is 0 Å². The molecule has 2 N–H and O–H groups in total. The summed E-state index contributed by atoms with van der Waals surface area (Å²) in [6.07, 6.45) is 1.27. The maximum atomic E-state index is 12.6. The van der Waals surface area contributed by atoms with Gasteiger partial charge in [0.2, 0.25) is 0 Å². The van der Waals surface area contributed by atoms with E-state index in [4.69, 9.17) is 5.73 Å². The molecule has 0 fully saturated rings. The first-order valence-electron chi connectivity index (χ1n) is 3.10. The lowest BCUT2D eigenvalue weighted by Gasteiger charge is -2.09. The molecule has 1 heterocycles. The molecule has 11 heavy (non-hydrogen) atoms. The monoisotopic (exact) mass is 158 g/mol. The summed E-state index contributed by atoms with van der Waals surface area (Å²) in [4.78, 5) is 3.60. The van der Waals surface area contributed by atoms with Gasteiger partial charge in [-0.3, -0.25) is 0 Å². The van der Waals surface area contributed by atoms with Gasteiger partial charge in [0.25, 0.3) is 5.92 Å². The van der Waals surface area contributed by atoms with Crippen molar-refractivity contribution in [2.24, 2.45) is 0 Å². The van der Waals surface area contributed by atoms with Gasteiger partial charge in [0.15, 0.2) is 0 Å². The smallest absolute Gasteiger partial charge is 0.270 e. The summed E-state index contributed by atoms with van der Waals surface area (Å²) in [5, 5.41) is 0. The van der Waals surface area contributed by atoms with E-state index in [9.17, 15) is 8.78 Å². The number of hydrogen-bond donors (Lipinski definition) is 1. The molecule has 0 unspecified atom stereocenters. The number of hydrogen-bond acceptors (Lipinski definition) is 2. The SMILES string of the molecule is CC(F)(F)c1ccnc(N)c1. The number of rotatable bonds is 1. The number of nitrogens with zero attached hydrogens (tertiary/aromatic N) is 1. The molecule has 0 aliphatic rings. The average molecular weight is 158 g/mol. The van der Waals surface area contributed by atoms with Gasteiger partial charge in [0, 0.05) is 18.7 Å². The van der Waals surface area contributed by atoms with Crippen LogP contribution in [-0.4, -0.2) is 4.98 Å². The van der Waals surface area contributed by atoms with Crippen LogP contribution in [-0.2, 0) is 5.92 Å². The van der Waals surface area contributed by atoms with Gasteiger partial charge in [-0.1, -0.05) is 0 Å². The predicted octanol–water partition coefficient (Wildman–Crippen LogP) is 1.78. The third-order valence-electron chi connectivity index (χ3n) is 1.29. The molecule has 0 aliphatic heterocycles. The summed E-state index contributed by atoms with van der Waals surface area (Å²) in [6, 6.07) is 2.41. The summed E-state index contributed by atoms with van der Waals surface area (Å²) < 4.78 is 25.1. The average Bonchev–Trinajstić information content (AvgIpc) is 1.86. The third-order valence-corrected chi connectivity index (χ3v) is 1.29. The summed E-state index contributed by atoms with van der Waals surface area (Å²) >= 11 is 0. The zero-order valence-electron chi connectivity index (χ0n) is 6.01. The highest BCUT2D eigenvalue weighted by Gasteiger charge is 2.23. The Hall–Kier alpha value is -1.19. The molecule has 1 aromatic rings. The van der Waals surface area contributed by atoms with Gasteiger partial charge in [-0.2, -0.15) is 0 Å². The molecule has 0 aliphatic carbocycles. The van der Waals surface area contributed by atoms with Crippen molar-refractivity contribution < 1.29 is 8.78 Å². The number of nitrogens with two attached hydrogens (primary N) is 1. The minimum Gasteiger partial charge on any atom is -0.384 e. The van der Waals surface area contributed by atoms with Crippen LogP contribution in [0.4, 0.5) is 14.6 Å². The first-order chi connectivity index (χ1) is 5.00. The van der Waals surface area contributed by atoms with E-state index in [0.717, 1.165) is 6.92 Å². The Morgan fingerprint density at radius 3 is 2.55 bits per heavy atom. The molecule has 0 radical (unpaired) electrons. The molecule has 2 nitrogen and oxygen atoms in total. The second-order valence-electron chi connectivity index (χ2n) is 2.36. The number of nitrogen functional groups attached to an aromatic ring is 1. The highest BCUT2D eigenvalue weighted by Crippen LogP contribution is 2.26. The van der Waals surface area contributed by atoms with Gasteiger partial charge in [-0.15, -0.1) is 0 Å². The van der Waals surface area contributed by atoms with Gasteiger partial charge in [-0.25, -0.2) is 13.8 Å². The summed E-state index contributed by atoms with van der Waals surface area (Å²) in [6.45, 7) is 0.821. The number of aromatic nitrogens is 1. The molecule has 0 bridgehead atoms. The van der Waals surface area contributed by atoms with Crippen molar-refractivity contribution in [3.05, 3.63) is 23.9 Å². The lowest BCUT2D eigenvalue weighted by molar-refractivity contribution is 0.0174. The molecule has 0 saturated heterocycles. The first kappa shape index (κ1) is 7.91. The van der Waals surface area contributed by atoms with Gasteiger partial charge in [0.1, 0.15) is 5.82 Å². The molecule has 1 aromatic heterocycles. The van der Waals surface area contributed by atoms with Crippen LogP contribution in [0, 0.1) is 0 Å². The van der Waals surface area contributed by atoms with Crippen LogP contribution in [0.5, 0.6) is 0 Å². The van der Waals surface area contributed by atoms with E-state index in [1.807, 2.05) is 0 Å². The lowest BCUT2D eigenvalue weighted by Crippen LogP contribution is -2.07. The molecule has 1 rings (SSSR count). The summed E-state index contributed by atoms with van der Waals surface area (Å²) in [7, 11) is 0. The Balaban J connectivity index is 3.06. The van der Waals surface area contributed by atoms with Crippen molar-refractivity contribution in [2.45, 2.75) is 12.8 Å². The Morgan fingerprint density at radius 1 is 1.55 bits per heavy atom. The van der Waals surface area contributed by atoms with E-state index >= 15 is 0 Å². The van der Waals surface area contributed by atoms with E-state index in [-0.39, 0.29) is 11.4 Å². The number of anilines is 1. The van der Waals surface area contributed by atoms with Crippen LogP contribution in [0.25, 0.3) is 0 Å². The van der Waals surface area contributed by atoms with E-state index in [1.165, 1.54) is 18.3 Å². The topological polar surface area (TPSA) is 38.9 Å². The van der Waals surface area contributed by atoms with Crippen molar-refractivity contribution in [3.63, 3.8) is 0 Å². The molecule has 4 heteroatoms. The second kappa shape index (κ2) is 2.45. The van der Waals surface area contributed by atoms with Crippen molar-refractivity contribution in [2.75, 3.05) is 5.73 Å². The quantitative estimate of drug-likeness (QED) is 0.676. The van der Waals surface area contributed by atoms with Crippen LogP contribution in [0.1, 0.15) is 12.5 Å². The van der Waals surface area contributed by atoms with Crippen molar-refractivity contribution in [1.29, 1.82) is 0 Å². The zero-order chi connectivity index (χ0) is 8.48. The number of alkyl halides is 2. The van der Waals surface area contributed by atoms with Gasteiger partial charge >= 0.3 is 0 Å². The molecular formula is C7H8F2N2. The van der Waals surface area contributed by atoms with Crippen molar-refractivity contribution in [3.8, 4) is 0 Å². The van der Waals surface area contributed by atoms with E-state index in [0.29, 0.717) is 0 Å². The van der Waals surface area contributed by atoms with Gasteiger partial charge in [0.05, 0.1) is 0 Å². The maximum Gasteiger partial charge on any atom is 0.270 e. The van der Waals surface area contributed by atoms with E-state index in [1.54, 1.807) is 0 Å². The van der Waals surface area contributed by atoms with Gasteiger partial charge in [-0.05, 0) is 12.1 Å². The normalized spacial score (nSPS) is 11.5. The molecule has 0 saturated carbocycles. The summed E-state index contributed by atoms with van der Waals surface area (Å²) in [5.41, 5.74) is 5.10. The highest BCUT2D eigenvalue weighted by molar-refractivity contribution is 5.33. The minimum atomic E-state index is -2.84. The third kappa shape index (κ3) is 1.86. The number of pyridine rings is 1.